The Hall–Kier alpha value is -0.820. The summed E-state index contributed by atoms with van der Waals surface area (Å²) in [5.41, 5.74) is 0.391. The third kappa shape index (κ3) is 4.63. The number of hydrogen-bond acceptors (Lipinski definition) is 2. The van der Waals surface area contributed by atoms with Crippen LogP contribution in [0.4, 0.5) is 23.2 Å². The van der Waals surface area contributed by atoms with Gasteiger partial charge < -0.3 is 5.32 Å². The zero-order valence-electron chi connectivity index (χ0n) is 10.7. The van der Waals surface area contributed by atoms with Gasteiger partial charge in [0.1, 0.15) is 5.82 Å². The van der Waals surface area contributed by atoms with Gasteiger partial charge >= 0.3 is 6.18 Å². The molecule has 20 heavy (non-hydrogen) atoms. The van der Waals surface area contributed by atoms with Crippen molar-refractivity contribution in [2.75, 3.05) is 25.0 Å². The maximum atomic E-state index is 13.7. The summed E-state index contributed by atoms with van der Waals surface area (Å²) in [4.78, 5) is 1.39. The molecule has 0 radical (unpaired) electrons. The summed E-state index contributed by atoms with van der Waals surface area (Å²) >= 11 is 3.18. The van der Waals surface area contributed by atoms with Crippen LogP contribution in [0.15, 0.2) is 22.7 Å². The van der Waals surface area contributed by atoms with E-state index in [9.17, 15) is 17.6 Å². The average molecular weight is 355 g/mol. The molecule has 0 amide bonds. The van der Waals surface area contributed by atoms with Gasteiger partial charge in [0, 0.05) is 23.6 Å². The van der Waals surface area contributed by atoms with Gasteiger partial charge in [-0.15, -0.1) is 0 Å². The maximum absolute atomic E-state index is 13.7. The summed E-state index contributed by atoms with van der Waals surface area (Å²) in [6.07, 6.45) is -3.00. The Morgan fingerprint density at radius 1 is 1.25 bits per heavy atom. The highest BCUT2D eigenvalue weighted by Crippen LogP contribution is 2.24. The van der Waals surface area contributed by atoms with Crippen molar-refractivity contribution in [2.45, 2.75) is 25.1 Å². The van der Waals surface area contributed by atoms with Crippen LogP contribution >= 0.6 is 15.9 Å². The van der Waals surface area contributed by atoms with E-state index in [1.54, 1.807) is 12.1 Å². The van der Waals surface area contributed by atoms with Gasteiger partial charge in [-0.2, -0.15) is 13.2 Å². The van der Waals surface area contributed by atoms with Crippen LogP contribution in [0.25, 0.3) is 0 Å². The molecule has 0 atom stereocenters. The number of anilines is 1. The Kier molecular flexibility index (Phi) is 4.90. The van der Waals surface area contributed by atoms with Crippen LogP contribution in [0.2, 0.25) is 0 Å². The van der Waals surface area contributed by atoms with E-state index < -0.39 is 12.7 Å². The zero-order valence-corrected chi connectivity index (χ0v) is 12.3. The number of halogens is 5. The predicted molar refractivity (Wildman–Crippen MR) is 73.2 cm³/mol. The molecule has 112 valence electrons. The average Bonchev–Trinajstić information content (AvgIpc) is 2.33. The highest BCUT2D eigenvalue weighted by molar-refractivity contribution is 9.10. The lowest BCUT2D eigenvalue weighted by Gasteiger charge is -2.33. The van der Waals surface area contributed by atoms with Crippen LogP contribution < -0.4 is 5.32 Å². The molecular formula is C13H15BrF4N2. The minimum absolute atomic E-state index is 0.00941. The Balaban J connectivity index is 1.85. The van der Waals surface area contributed by atoms with Crippen molar-refractivity contribution in [1.29, 1.82) is 0 Å². The maximum Gasteiger partial charge on any atom is 0.401 e. The molecule has 0 bridgehead atoms. The van der Waals surface area contributed by atoms with Crippen LogP contribution in [-0.2, 0) is 0 Å². The van der Waals surface area contributed by atoms with Gasteiger partial charge in [-0.1, -0.05) is 15.9 Å². The van der Waals surface area contributed by atoms with Gasteiger partial charge in [-0.05, 0) is 31.0 Å². The van der Waals surface area contributed by atoms with Gasteiger partial charge in [0.15, 0.2) is 0 Å². The first-order valence-corrected chi connectivity index (χ1v) is 7.13. The van der Waals surface area contributed by atoms with Crippen molar-refractivity contribution < 1.29 is 17.6 Å². The first-order valence-electron chi connectivity index (χ1n) is 6.34. The molecule has 1 aliphatic rings. The van der Waals surface area contributed by atoms with E-state index in [2.05, 4.69) is 21.2 Å². The van der Waals surface area contributed by atoms with E-state index in [1.807, 2.05) is 0 Å². The Morgan fingerprint density at radius 2 is 1.90 bits per heavy atom. The largest absolute Gasteiger partial charge is 0.401 e. The lowest BCUT2D eigenvalue weighted by Crippen LogP contribution is -2.43. The lowest BCUT2D eigenvalue weighted by molar-refractivity contribution is -0.147. The van der Waals surface area contributed by atoms with E-state index in [4.69, 9.17) is 0 Å². The summed E-state index contributed by atoms with van der Waals surface area (Å²) in [5.74, 6) is -0.364. The standard InChI is InChI=1S/C13H15BrF4N2/c14-9-1-2-12(11(15)7-9)19-10-3-5-20(6-4-10)8-13(16,17)18/h1-2,7,10,19H,3-6,8H2. The first-order chi connectivity index (χ1) is 9.33. The smallest absolute Gasteiger partial charge is 0.380 e. The topological polar surface area (TPSA) is 15.3 Å². The van der Waals surface area contributed by atoms with Gasteiger partial charge in [0.05, 0.1) is 12.2 Å². The first kappa shape index (κ1) is 15.6. The Bertz CT molecular complexity index is 456. The van der Waals surface area contributed by atoms with Crippen LogP contribution in [0.3, 0.4) is 0 Å². The Morgan fingerprint density at radius 3 is 2.45 bits per heavy atom. The summed E-state index contributed by atoms with van der Waals surface area (Å²) in [7, 11) is 0. The van der Waals surface area contributed by atoms with Crippen molar-refractivity contribution in [2.24, 2.45) is 0 Å². The van der Waals surface area contributed by atoms with Gasteiger partial charge in [-0.25, -0.2) is 4.39 Å². The van der Waals surface area contributed by atoms with Crippen molar-refractivity contribution in [3.05, 3.63) is 28.5 Å². The summed E-state index contributed by atoms with van der Waals surface area (Å²) in [5, 5.41) is 3.06. The molecule has 0 spiro atoms. The van der Waals surface area contributed by atoms with Crippen LogP contribution in [0, 0.1) is 5.82 Å². The number of piperidine rings is 1. The molecule has 1 N–H and O–H groups in total. The SMILES string of the molecule is Fc1cc(Br)ccc1NC1CCN(CC(F)(F)F)CC1. The minimum Gasteiger partial charge on any atom is -0.380 e. The quantitative estimate of drug-likeness (QED) is 0.824. The minimum atomic E-state index is -4.15. The van der Waals surface area contributed by atoms with Crippen LogP contribution in [0.1, 0.15) is 12.8 Å². The van der Waals surface area contributed by atoms with E-state index in [0.29, 0.717) is 36.1 Å². The summed E-state index contributed by atoms with van der Waals surface area (Å²) < 4.78 is 51.1. The second-order valence-electron chi connectivity index (χ2n) is 4.93. The van der Waals surface area contributed by atoms with Gasteiger partial charge in [0.2, 0.25) is 0 Å². The Labute approximate surface area is 123 Å². The van der Waals surface area contributed by atoms with E-state index in [1.165, 1.54) is 11.0 Å². The molecule has 1 heterocycles. The molecule has 0 saturated carbocycles. The molecule has 0 aromatic heterocycles. The number of nitrogens with zero attached hydrogens (tertiary/aromatic N) is 1. The van der Waals surface area contributed by atoms with Crippen LogP contribution in [0.5, 0.6) is 0 Å². The van der Waals surface area contributed by atoms with Crippen molar-refractivity contribution in [1.82, 2.24) is 4.90 Å². The van der Waals surface area contributed by atoms with E-state index in [0.717, 1.165) is 0 Å². The molecule has 1 saturated heterocycles. The number of alkyl halides is 3. The second-order valence-corrected chi connectivity index (χ2v) is 5.85. The fraction of sp³-hybridized carbons (Fsp3) is 0.538. The van der Waals surface area contributed by atoms with E-state index in [-0.39, 0.29) is 11.9 Å². The number of benzene rings is 1. The molecular weight excluding hydrogens is 340 g/mol. The fourth-order valence-corrected chi connectivity index (χ4v) is 2.65. The molecule has 2 nitrogen and oxygen atoms in total. The molecule has 0 aliphatic carbocycles. The van der Waals surface area contributed by atoms with Crippen LogP contribution in [-0.4, -0.2) is 36.8 Å². The summed E-state index contributed by atoms with van der Waals surface area (Å²) in [6, 6.07) is 4.72. The molecule has 7 heteroatoms. The number of nitrogens with one attached hydrogen (secondary N) is 1. The highest BCUT2D eigenvalue weighted by atomic mass is 79.9. The molecule has 1 aromatic carbocycles. The van der Waals surface area contributed by atoms with Crippen molar-refractivity contribution in [3.63, 3.8) is 0 Å². The second kappa shape index (κ2) is 6.30. The number of hydrogen-bond donors (Lipinski definition) is 1. The third-order valence-corrected chi connectivity index (χ3v) is 3.77. The highest BCUT2D eigenvalue weighted by Gasteiger charge is 2.32. The zero-order chi connectivity index (χ0) is 14.8. The normalized spacial score (nSPS) is 18.2. The van der Waals surface area contributed by atoms with Crippen molar-refractivity contribution in [3.8, 4) is 0 Å². The summed E-state index contributed by atoms with van der Waals surface area (Å²) in [6.45, 7) is -0.128. The molecule has 1 fully saturated rings. The van der Waals surface area contributed by atoms with E-state index >= 15 is 0 Å². The molecule has 2 rings (SSSR count). The number of likely N-dealkylation sites (tertiary alicyclic amines) is 1. The number of rotatable bonds is 3. The molecule has 1 aromatic rings. The predicted octanol–water partition coefficient (Wildman–Crippen LogP) is 4.03. The third-order valence-electron chi connectivity index (χ3n) is 3.28. The molecule has 0 unspecified atom stereocenters. The molecule has 1 aliphatic heterocycles. The monoisotopic (exact) mass is 354 g/mol. The van der Waals surface area contributed by atoms with Crippen molar-refractivity contribution >= 4 is 21.6 Å². The van der Waals surface area contributed by atoms with Gasteiger partial charge in [0.25, 0.3) is 0 Å². The lowest BCUT2D eigenvalue weighted by atomic mass is 10.0. The van der Waals surface area contributed by atoms with Gasteiger partial charge in [-0.3, -0.25) is 4.90 Å². The fourth-order valence-electron chi connectivity index (χ4n) is 2.32.